The highest BCUT2D eigenvalue weighted by Crippen LogP contribution is 2.38. The van der Waals surface area contributed by atoms with Crippen LogP contribution in [0.2, 0.25) is 0 Å². The lowest BCUT2D eigenvalue weighted by atomic mass is 10.0. The number of aliphatic hydroxyl groups is 1. The van der Waals surface area contributed by atoms with Gasteiger partial charge in [-0.05, 0) is 109 Å². The van der Waals surface area contributed by atoms with Gasteiger partial charge in [-0.3, -0.25) is 9.36 Å². The number of allylic oxidation sites excluding steroid dienone is 21. The quantitative estimate of drug-likeness (QED) is 0.0272. The number of nitrogens with one attached hydrogen (secondary N) is 1. The summed E-state index contributed by atoms with van der Waals surface area (Å²) in [6.07, 6.45) is 98.6. The Kier molecular flexibility index (Phi) is 62.5. The van der Waals surface area contributed by atoms with Crippen molar-refractivity contribution in [2.24, 2.45) is 0 Å². The van der Waals surface area contributed by atoms with Crippen LogP contribution in [0.4, 0.5) is 0 Å². The number of amides is 1. The second-order valence-electron chi connectivity index (χ2n) is 24.5. The molecular weight excluding hydrogens is 1070 g/mol. The van der Waals surface area contributed by atoms with E-state index in [4.69, 9.17) is 9.05 Å². The number of unbranched alkanes of at least 4 members (excludes halogenated alkanes) is 30. The van der Waals surface area contributed by atoms with Crippen molar-refractivity contribution in [3.8, 4) is 0 Å². The predicted molar refractivity (Wildman–Crippen MR) is 371 cm³/mol. The number of quaternary nitrogens is 1. The number of nitrogens with zero attached hydrogens (tertiary/aromatic N) is 1. The summed E-state index contributed by atoms with van der Waals surface area (Å²) in [5, 5.41) is 13.9. The highest BCUT2D eigenvalue weighted by atomic mass is 31.2. The van der Waals surface area contributed by atoms with Gasteiger partial charge < -0.3 is 28.8 Å². The van der Waals surface area contributed by atoms with E-state index in [0.717, 1.165) is 96.3 Å². The van der Waals surface area contributed by atoms with Gasteiger partial charge in [0.2, 0.25) is 5.91 Å². The Hall–Kier alpha value is -3.36. The molecule has 0 saturated heterocycles. The predicted octanol–water partition coefficient (Wildman–Crippen LogP) is 22.0. The van der Waals surface area contributed by atoms with Crippen LogP contribution in [0.15, 0.2) is 134 Å². The molecule has 0 aromatic heterocycles. The van der Waals surface area contributed by atoms with Gasteiger partial charge >= 0.3 is 0 Å². The van der Waals surface area contributed by atoms with Gasteiger partial charge in [0.1, 0.15) is 13.2 Å². The largest absolute Gasteiger partial charge is 0.756 e. The second-order valence-corrected chi connectivity index (χ2v) is 25.9. The molecule has 0 aromatic rings. The number of likely N-dealkylation sites (N-methyl/N-ethyl adjacent to an activating group) is 1. The maximum Gasteiger partial charge on any atom is 0.268 e. The molecule has 0 saturated carbocycles. The molecule has 0 bridgehead atoms. The Morgan fingerprint density at radius 3 is 1.09 bits per heavy atom. The van der Waals surface area contributed by atoms with Crippen LogP contribution >= 0.6 is 7.82 Å². The molecule has 85 heavy (non-hydrogen) atoms. The van der Waals surface area contributed by atoms with Crippen LogP contribution in [0, 0.1) is 0 Å². The molecule has 3 atom stereocenters. The maximum atomic E-state index is 13.0. The van der Waals surface area contributed by atoms with Crippen molar-refractivity contribution < 1.29 is 32.9 Å². The third-order valence-corrected chi connectivity index (χ3v) is 16.0. The molecule has 488 valence electrons. The van der Waals surface area contributed by atoms with Crippen molar-refractivity contribution in [1.29, 1.82) is 0 Å². The molecule has 0 aromatic carbocycles. The van der Waals surface area contributed by atoms with Crippen LogP contribution in [0.3, 0.4) is 0 Å². The fourth-order valence-electron chi connectivity index (χ4n) is 9.67. The third kappa shape index (κ3) is 68.0. The zero-order valence-corrected chi connectivity index (χ0v) is 56.7. The fraction of sp³-hybridized carbons (Fsp3) is 0.697. The van der Waals surface area contributed by atoms with Crippen LogP contribution < -0.4 is 10.2 Å². The molecule has 0 aliphatic rings. The number of hydrogen-bond donors (Lipinski definition) is 2. The summed E-state index contributed by atoms with van der Waals surface area (Å²) in [4.78, 5) is 25.6. The van der Waals surface area contributed by atoms with E-state index in [1.165, 1.54) is 173 Å². The fourth-order valence-corrected chi connectivity index (χ4v) is 10.4. The van der Waals surface area contributed by atoms with E-state index in [1.807, 2.05) is 27.2 Å². The Labute approximate surface area is 526 Å². The summed E-state index contributed by atoms with van der Waals surface area (Å²) in [6.45, 7) is 4.52. The average molecular weight is 1200 g/mol. The number of carbonyl (C=O) groups excluding carboxylic acids is 1. The first kappa shape index (κ1) is 81.6. The maximum absolute atomic E-state index is 13.0. The number of hydrogen-bond acceptors (Lipinski definition) is 6. The third-order valence-electron chi connectivity index (χ3n) is 15.1. The summed E-state index contributed by atoms with van der Waals surface area (Å²) in [5.41, 5.74) is 0. The van der Waals surface area contributed by atoms with Gasteiger partial charge in [0.25, 0.3) is 7.82 Å². The van der Waals surface area contributed by atoms with Crippen molar-refractivity contribution in [2.45, 2.75) is 302 Å². The summed E-state index contributed by atoms with van der Waals surface area (Å²) >= 11 is 0. The van der Waals surface area contributed by atoms with Gasteiger partial charge in [0.15, 0.2) is 0 Å². The SMILES string of the molecule is CC/C=C\C/C=C\C/C=C\C/C=C\C/C=C\C/C=C\C/C=C\C/C=C\CCCCCCCCCCCCCCC(=O)NC(COP(=O)([O-])OCC[N+](C)(C)C)C(O)/C=C/CC/C=C/CC/C=C/CCCCCCCCCCCCCCCCCC. The molecule has 0 aliphatic heterocycles. The van der Waals surface area contributed by atoms with Crippen LogP contribution in [-0.4, -0.2) is 68.5 Å². The Morgan fingerprint density at radius 2 is 0.729 bits per heavy atom. The highest BCUT2D eigenvalue weighted by Gasteiger charge is 2.23. The lowest BCUT2D eigenvalue weighted by Gasteiger charge is -2.29. The first-order chi connectivity index (χ1) is 41.5. The molecule has 2 N–H and O–H groups in total. The monoisotopic (exact) mass is 1200 g/mol. The second kappa shape index (κ2) is 65.1. The van der Waals surface area contributed by atoms with Crippen molar-refractivity contribution in [1.82, 2.24) is 5.32 Å². The number of aliphatic hydroxyl groups excluding tert-OH is 1. The van der Waals surface area contributed by atoms with Crippen molar-refractivity contribution in [2.75, 3.05) is 40.9 Å². The van der Waals surface area contributed by atoms with Gasteiger partial charge in [-0.1, -0.05) is 308 Å². The van der Waals surface area contributed by atoms with E-state index in [0.29, 0.717) is 17.4 Å². The van der Waals surface area contributed by atoms with E-state index in [1.54, 1.807) is 6.08 Å². The molecule has 0 heterocycles. The molecule has 1 amide bonds. The van der Waals surface area contributed by atoms with Gasteiger partial charge in [-0.2, -0.15) is 0 Å². The highest BCUT2D eigenvalue weighted by molar-refractivity contribution is 7.45. The smallest absolute Gasteiger partial charge is 0.268 e. The van der Waals surface area contributed by atoms with Gasteiger partial charge in [-0.25, -0.2) is 0 Å². The van der Waals surface area contributed by atoms with Gasteiger partial charge in [0, 0.05) is 6.42 Å². The summed E-state index contributed by atoms with van der Waals surface area (Å²) in [5.74, 6) is -0.216. The van der Waals surface area contributed by atoms with Gasteiger partial charge in [-0.15, -0.1) is 0 Å². The minimum absolute atomic E-state index is 0.0149. The van der Waals surface area contributed by atoms with E-state index in [-0.39, 0.29) is 12.5 Å². The Morgan fingerprint density at radius 1 is 0.424 bits per heavy atom. The van der Waals surface area contributed by atoms with Crippen LogP contribution in [0.1, 0.15) is 290 Å². The normalized spacial score (nSPS) is 14.5. The van der Waals surface area contributed by atoms with Crippen molar-refractivity contribution in [3.05, 3.63) is 134 Å². The lowest BCUT2D eigenvalue weighted by molar-refractivity contribution is -0.870. The topological polar surface area (TPSA) is 108 Å². The van der Waals surface area contributed by atoms with E-state index in [9.17, 15) is 19.4 Å². The number of phosphoric ester groups is 1. The van der Waals surface area contributed by atoms with E-state index in [2.05, 4.69) is 141 Å². The molecule has 3 unspecified atom stereocenters. The first-order valence-electron chi connectivity index (χ1n) is 35.0. The Balaban J connectivity index is 4.17. The molecular formula is C76H133N2O6P. The standard InChI is InChI=1S/C76H133N2O6P/c1-6-8-10-12-14-16-18-20-22-24-26-28-30-32-34-35-36-37-38-39-40-41-42-43-44-46-48-50-52-54-56-58-60-62-64-66-68-70-76(80)77-74(73-84-85(81,82)83-72-71-78(3,4)5)75(79)69-67-65-63-61-59-57-55-53-51-49-47-45-33-31-29-27-25-23-21-19-17-15-13-11-9-7-2/h8,10,14,16,20,22,26,28,32,34,36-37,39-40,42-43,51,53,59,61,67,69,74-75,79H,6-7,9,11-13,15,17-19,21,23-25,27,29-31,33,35,38,41,44-50,52,54-58,60,62-66,68,70-73H2,1-5H3,(H-,77,80,81,82)/b10-8-,16-14-,22-20-,28-26-,34-32-,37-36-,40-39-,43-42-,53-51+,61-59+,69-67+. The molecule has 9 heteroatoms. The molecule has 0 rings (SSSR count). The first-order valence-corrected chi connectivity index (χ1v) is 36.5. The van der Waals surface area contributed by atoms with Crippen molar-refractivity contribution in [3.63, 3.8) is 0 Å². The summed E-state index contributed by atoms with van der Waals surface area (Å²) in [7, 11) is 1.22. The number of phosphoric acid groups is 1. The summed E-state index contributed by atoms with van der Waals surface area (Å²) < 4.78 is 23.4. The molecule has 0 radical (unpaired) electrons. The van der Waals surface area contributed by atoms with Crippen LogP contribution in [0.25, 0.3) is 0 Å². The molecule has 8 nitrogen and oxygen atoms in total. The molecule has 0 aliphatic carbocycles. The van der Waals surface area contributed by atoms with E-state index >= 15 is 0 Å². The van der Waals surface area contributed by atoms with Gasteiger partial charge in [0.05, 0.1) is 39.9 Å². The zero-order chi connectivity index (χ0) is 61.9. The number of rotatable bonds is 63. The van der Waals surface area contributed by atoms with Crippen molar-refractivity contribution >= 4 is 13.7 Å². The molecule has 0 fully saturated rings. The Bertz CT molecular complexity index is 1850. The minimum Gasteiger partial charge on any atom is -0.756 e. The van der Waals surface area contributed by atoms with Crippen LogP contribution in [0.5, 0.6) is 0 Å². The lowest BCUT2D eigenvalue weighted by Crippen LogP contribution is -2.45. The van der Waals surface area contributed by atoms with Crippen LogP contribution in [-0.2, 0) is 18.4 Å². The average Bonchev–Trinajstić information content (AvgIpc) is 3.49. The minimum atomic E-state index is -4.62. The number of carbonyl (C=O) groups is 1. The van der Waals surface area contributed by atoms with E-state index < -0.39 is 26.6 Å². The summed E-state index contributed by atoms with van der Waals surface area (Å²) in [6, 6.07) is -0.921. The molecule has 0 spiro atoms. The zero-order valence-electron chi connectivity index (χ0n) is 55.8.